The van der Waals surface area contributed by atoms with Gasteiger partial charge in [0.25, 0.3) is 0 Å². The lowest BCUT2D eigenvalue weighted by molar-refractivity contribution is 0.585. The van der Waals surface area contributed by atoms with Crippen molar-refractivity contribution in [2.24, 2.45) is 0 Å². The zero-order valence-corrected chi connectivity index (χ0v) is 11.3. The topological polar surface area (TPSA) is 15.3 Å². The molecule has 2 rings (SSSR count). The van der Waals surface area contributed by atoms with Gasteiger partial charge in [-0.3, -0.25) is 0 Å². The van der Waals surface area contributed by atoms with E-state index in [-0.39, 0.29) is 0 Å². The summed E-state index contributed by atoms with van der Waals surface area (Å²) < 4.78 is 0. The Morgan fingerprint density at radius 1 is 1.29 bits per heavy atom. The van der Waals surface area contributed by atoms with Crippen LogP contribution in [0.3, 0.4) is 0 Å². The molecule has 0 amide bonds. The molecule has 0 radical (unpaired) electrons. The molecule has 1 fully saturated rings. The molecule has 1 aliphatic rings. The minimum atomic E-state index is 0.726. The third-order valence-corrected chi connectivity index (χ3v) is 3.93. The molecule has 1 unspecified atom stereocenters. The van der Waals surface area contributed by atoms with E-state index in [0.717, 1.165) is 12.6 Å². The molecule has 0 bridgehead atoms. The van der Waals surface area contributed by atoms with Crippen molar-refractivity contribution in [2.45, 2.75) is 39.2 Å². The third-order valence-electron chi connectivity index (χ3n) is 3.93. The highest BCUT2D eigenvalue weighted by Gasteiger charge is 2.24. The Morgan fingerprint density at radius 3 is 2.82 bits per heavy atom. The first-order valence-corrected chi connectivity index (χ1v) is 6.71. The standard InChI is InChI=1S/C15H24N2/c1-12-6-7-15(11-13(12)2)17-10-4-5-14(17)8-9-16-3/h6-7,11,14,16H,4-5,8-10H2,1-3H3. The Balaban J connectivity index is 2.11. The van der Waals surface area contributed by atoms with Crippen LogP contribution in [-0.4, -0.2) is 26.2 Å². The summed E-state index contributed by atoms with van der Waals surface area (Å²) in [4.78, 5) is 2.59. The Kier molecular flexibility index (Phi) is 4.06. The van der Waals surface area contributed by atoms with Gasteiger partial charge in [0.2, 0.25) is 0 Å². The van der Waals surface area contributed by atoms with Gasteiger partial charge in [0.05, 0.1) is 0 Å². The summed E-state index contributed by atoms with van der Waals surface area (Å²) in [5.74, 6) is 0. The molecule has 0 aliphatic carbocycles. The summed E-state index contributed by atoms with van der Waals surface area (Å²) in [6, 6.07) is 7.59. The lowest BCUT2D eigenvalue weighted by Gasteiger charge is -2.27. The predicted molar refractivity (Wildman–Crippen MR) is 74.8 cm³/mol. The maximum atomic E-state index is 3.26. The highest BCUT2D eigenvalue weighted by molar-refractivity contribution is 5.52. The third kappa shape index (κ3) is 2.81. The van der Waals surface area contributed by atoms with Gasteiger partial charge in [-0.05, 0) is 70.0 Å². The van der Waals surface area contributed by atoms with Gasteiger partial charge in [-0.25, -0.2) is 0 Å². The van der Waals surface area contributed by atoms with Gasteiger partial charge in [-0.15, -0.1) is 0 Å². The summed E-state index contributed by atoms with van der Waals surface area (Å²) in [5, 5.41) is 3.26. The molecule has 1 N–H and O–H groups in total. The number of nitrogens with one attached hydrogen (secondary N) is 1. The van der Waals surface area contributed by atoms with Crippen molar-refractivity contribution in [3.05, 3.63) is 29.3 Å². The maximum Gasteiger partial charge on any atom is 0.0371 e. The molecule has 0 aromatic heterocycles. The summed E-state index contributed by atoms with van der Waals surface area (Å²) >= 11 is 0. The van der Waals surface area contributed by atoms with Gasteiger partial charge in [-0.1, -0.05) is 6.07 Å². The van der Waals surface area contributed by atoms with Gasteiger partial charge in [0.1, 0.15) is 0 Å². The monoisotopic (exact) mass is 232 g/mol. The van der Waals surface area contributed by atoms with E-state index in [2.05, 4.69) is 42.3 Å². The number of benzene rings is 1. The predicted octanol–water partition coefficient (Wildman–Crippen LogP) is 2.88. The van der Waals surface area contributed by atoms with Crippen LogP contribution >= 0.6 is 0 Å². The maximum absolute atomic E-state index is 3.26. The average Bonchev–Trinajstić information content (AvgIpc) is 2.78. The zero-order valence-electron chi connectivity index (χ0n) is 11.3. The first-order valence-electron chi connectivity index (χ1n) is 6.71. The van der Waals surface area contributed by atoms with Crippen molar-refractivity contribution >= 4 is 5.69 Å². The number of nitrogens with zero attached hydrogens (tertiary/aromatic N) is 1. The van der Waals surface area contributed by atoms with Gasteiger partial charge < -0.3 is 10.2 Å². The number of aryl methyl sites for hydroxylation is 2. The smallest absolute Gasteiger partial charge is 0.0371 e. The Labute approximate surface area is 105 Å². The van der Waals surface area contributed by atoms with Crippen LogP contribution in [0.4, 0.5) is 5.69 Å². The Bertz CT molecular complexity index is 373. The fourth-order valence-electron chi connectivity index (χ4n) is 2.69. The van der Waals surface area contributed by atoms with Crippen molar-refractivity contribution in [2.75, 3.05) is 25.0 Å². The van der Waals surface area contributed by atoms with E-state index in [1.807, 2.05) is 7.05 Å². The second-order valence-corrected chi connectivity index (χ2v) is 5.15. The van der Waals surface area contributed by atoms with Crippen molar-refractivity contribution in [3.8, 4) is 0 Å². The van der Waals surface area contributed by atoms with Crippen LogP contribution in [0.15, 0.2) is 18.2 Å². The highest BCUT2D eigenvalue weighted by Crippen LogP contribution is 2.28. The molecule has 1 aliphatic heterocycles. The van der Waals surface area contributed by atoms with Crippen LogP contribution in [0.1, 0.15) is 30.4 Å². The molecule has 0 spiro atoms. The molecule has 1 aromatic rings. The van der Waals surface area contributed by atoms with Crippen molar-refractivity contribution in [1.82, 2.24) is 5.32 Å². The van der Waals surface area contributed by atoms with Gasteiger partial charge in [0.15, 0.2) is 0 Å². The first kappa shape index (κ1) is 12.4. The fourth-order valence-corrected chi connectivity index (χ4v) is 2.69. The van der Waals surface area contributed by atoms with E-state index >= 15 is 0 Å². The molecule has 94 valence electrons. The van der Waals surface area contributed by atoms with Gasteiger partial charge >= 0.3 is 0 Å². The van der Waals surface area contributed by atoms with E-state index in [1.165, 1.54) is 42.6 Å². The molecule has 2 nitrogen and oxygen atoms in total. The normalized spacial score (nSPS) is 19.9. The molecule has 1 atom stereocenters. The quantitative estimate of drug-likeness (QED) is 0.858. The minimum absolute atomic E-state index is 0.726. The van der Waals surface area contributed by atoms with Crippen LogP contribution in [-0.2, 0) is 0 Å². The number of hydrogen-bond acceptors (Lipinski definition) is 2. The molecule has 1 aromatic carbocycles. The molecular formula is C15H24N2. The summed E-state index contributed by atoms with van der Waals surface area (Å²) in [6.07, 6.45) is 3.93. The van der Waals surface area contributed by atoms with Crippen LogP contribution < -0.4 is 10.2 Å². The van der Waals surface area contributed by atoms with E-state index in [4.69, 9.17) is 0 Å². The van der Waals surface area contributed by atoms with Crippen molar-refractivity contribution in [3.63, 3.8) is 0 Å². The lowest BCUT2D eigenvalue weighted by Crippen LogP contribution is -2.31. The SMILES string of the molecule is CNCCC1CCCN1c1ccc(C)c(C)c1. The van der Waals surface area contributed by atoms with Crippen LogP contribution in [0.5, 0.6) is 0 Å². The van der Waals surface area contributed by atoms with Crippen molar-refractivity contribution in [1.29, 1.82) is 0 Å². The van der Waals surface area contributed by atoms with E-state index < -0.39 is 0 Å². The van der Waals surface area contributed by atoms with Crippen LogP contribution in [0, 0.1) is 13.8 Å². The lowest BCUT2D eigenvalue weighted by atomic mass is 10.1. The highest BCUT2D eigenvalue weighted by atomic mass is 15.2. The summed E-state index contributed by atoms with van der Waals surface area (Å²) in [6.45, 7) is 6.72. The summed E-state index contributed by atoms with van der Waals surface area (Å²) in [5.41, 5.74) is 4.20. The molecular weight excluding hydrogens is 208 g/mol. The van der Waals surface area contributed by atoms with Crippen molar-refractivity contribution < 1.29 is 0 Å². The van der Waals surface area contributed by atoms with E-state index in [0.29, 0.717) is 0 Å². The summed E-state index contributed by atoms with van der Waals surface area (Å²) in [7, 11) is 2.04. The fraction of sp³-hybridized carbons (Fsp3) is 0.600. The number of rotatable bonds is 4. The first-order chi connectivity index (χ1) is 8.22. The Morgan fingerprint density at radius 2 is 2.12 bits per heavy atom. The van der Waals surface area contributed by atoms with E-state index in [1.54, 1.807) is 0 Å². The zero-order chi connectivity index (χ0) is 12.3. The van der Waals surface area contributed by atoms with E-state index in [9.17, 15) is 0 Å². The van der Waals surface area contributed by atoms with Crippen LogP contribution in [0.2, 0.25) is 0 Å². The molecule has 17 heavy (non-hydrogen) atoms. The minimum Gasteiger partial charge on any atom is -0.368 e. The molecule has 1 heterocycles. The van der Waals surface area contributed by atoms with Gasteiger partial charge in [-0.2, -0.15) is 0 Å². The number of anilines is 1. The largest absolute Gasteiger partial charge is 0.368 e. The number of hydrogen-bond donors (Lipinski definition) is 1. The Hall–Kier alpha value is -1.02. The second-order valence-electron chi connectivity index (χ2n) is 5.15. The second kappa shape index (κ2) is 5.54. The molecule has 1 saturated heterocycles. The molecule has 0 saturated carbocycles. The van der Waals surface area contributed by atoms with Crippen LogP contribution in [0.25, 0.3) is 0 Å². The van der Waals surface area contributed by atoms with Gasteiger partial charge in [0, 0.05) is 18.3 Å². The molecule has 2 heteroatoms. The average molecular weight is 232 g/mol.